The van der Waals surface area contributed by atoms with Crippen molar-refractivity contribution < 1.29 is 28.4 Å². The van der Waals surface area contributed by atoms with Gasteiger partial charge >= 0.3 is 0 Å². The van der Waals surface area contributed by atoms with Gasteiger partial charge in [-0.1, -0.05) is 12.1 Å². The molecule has 0 saturated heterocycles. The normalized spacial score (nSPS) is 18.9. The van der Waals surface area contributed by atoms with Gasteiger partial charge in [0.2, 0.25) is 5.75 Å². The Morgan fingerprint density at radius 3 is 1.74 bits per heavy atom. The van der Waals surface area contributed by atoms with E-state index in [0.717, 1.165) is 67.0 Å². The Morgan fingerprint density at radius 1 is 0.596 bits per heavy atom. The highest BCUT2D eigenvalue weighted by Gasteiger charge is 2.35. The van der Waals surface area contributed by atoms with Crippen LogP contribution < -0.4 is 28.4 Å². The summed E-state index contributed by atoms with van der Waals surface area (Å²) in [5, 5.41) is 0. The largest absolute Gasteiger partial charge is 0.496 e. The molecule has 4 aromatic rings. The van der Waals surface area contributed by atoms with Crippen molar-refractivity contribution in [1.82, 2.24) is 9.80 Å². The molecule has 0 amide bonds. The van der Waals surface area contributed by atoms with Gasteiger partial charge in [-0.2, -0.15) is 0 Å². The van der Waals surface area contributed by atoms with Crippen LogP contribution in [0, 0.1) is 0 Å². The van der Waals surface area contributed by atoms with E-state index in [1.165, 1.54) is 27.8 Å². The number of rotatable bonds is 5. The summed E-state index contributed by atoms with van der Waals surface area (Å²) in [6, 6.07) is 19.6. The van der Waals surface area contributed by atoms with Crippen molar-refractivity contribution in [3.63, 3.8) is 0 Å². The minimum absolute atomic E-state index is 0.0124. The first-order chi connectivity index (χ1) is 22.9. The third-order valence-electron chi connectivity index (χ3n) is 10.3. The summed E-state index contributed by atoms with van der Waals surface area (Å²) < 4.78 is 36.9. The van der Waals surface area contributed by atoms with E-state index in [4.69, 9.17) is 28.4 Å². The number of hydrogen-bond donors (Lipinski definition) is 0. The van der Waals surface area contributed by atoms with Crippen LogP contribution in [0.5, 0.6) is 40.2 Å². The van der Waals surface area contributed by atoms with E-state index in [-0.39, 0.29) is 12.1 Å². The standard InChI is InChI=1S/C39H44N2O6/c1-40-14-12-25-20-34(44-5)35-22-27(25)30(40)18-23-8-10-32(42-3)28(16-23)29-17-24(9-11-33(29)43-4)19-31-37-26(13-15-41(31)2)21-36(45-6)38(46-7)39(37)47-35/h8-11,16-17,20-22,30-31H,12-15,18-19H2,1-7H3/t30-,31+/m1/s1. The average molecular weight is 637 g/mol. The molecule has 0 aromatic heterocycles. The zero-order valence-corrected chi connectivity index (χ0v) is 28.4. The molecule has 47 heavy (non-hydrogen) atoms. The summed E-state index contributed by atoms with van der Waals surface area (Å²) in [7, 11) is 12.9. The first kappa shape index (κ1) is 31.2. The van der Waals surface area contributed by atoms with Crippen molar-refractivity contribution in [2.45, 2.75) is 37.8 Å². The second-order valence-corrected chi connectivity index (χ2v) is 12.8. The van der Waals surface area contributed by atoms with Gasteiger partial charge in [-0.3, -0.25) is 9.80 Å². The molecule has 0 aliphatic carbocycles. The molecule has 0 spiro atoms. The average Bonchev–Trinajstić information content (AvgIpc) is 3.09. The van der Waals surface area contributed by atoms with Crippen LogP contribution in [0.3, 0.4) is 0 Å². The molecular weight excluding hydrogens is 592 g/mol. The van der Waals surface area contributed by atoms with Crippen molar-refractivity contribution >= 4 is 0 Å². The maximum Gasteiger partial charge on any atom is 0.204 e. The van der Waals surface area contributed by atoms with Crippen LogP contribution >= 0.6 is 0 Å². The lowest BCUT2D eigenvalue weighted by Crippen LogP contribution is -2.34. The summed E-state index contributed by atoms with van der Waals surface area (Å²) in [6.45, 7) is 1.85. The first-order valence-corrected chi connectivity index (χ1v) is 16.3. The molecule has 0 N–H and O–H groups in total. The van der Waals surface area contributed by atoms with Crippen molar-refractivity contribution in [1.29, 1.82) is 0 Å². The Hall–Kier alpha value is -4.40. The maximum atomic E-state index is 7.04. The van der Waals surface area contributed by atoms with Crippen molar-refractivity contribution in [3.05, 3.63) is 88.0 Å². The van der Waals surface area contributed by atoms with Crippen LogP contribution in [-0.2, 0) is 25.7 Å². The van der Waals surface area contributed by atoms with Gasteiger partial charge in [0.05, 0.1) is 35.5 Å². The third kappa shape index (κ3) is 5.43. The zero-order valence-electron chi connectivity index (χ0n) is 28.4. The van der Waals surface area contributed by atoms with Crippen LogP contribution in [0.1, 0.15) is 45.5 Å². The molecule has 8 heteroatoms. The van der Waals surface area contributed by atoms with Crippen LogP contribution in [0.2, 0.25) is 0 Å². The fourth-order valence-corrected chi connectivity index (χ4v) is 7.71. The summed E-state index contributed by atoms with van der Waals surface area (Å²) in [5.74, 6) is 4.92. The molecule has 2 atom stereocenters. The van der Waals surface area contributed by atoms with Gasteiger partial charge in [0, 0.05) is 41.9 Å². The molecule has 0 unspecified atom stereocenters. The molecule has 246 valence electrons. The SMILES string of the molecule is COc1cc2c3cc1Oc1c(OC)c(OC)cc4c1[C@H](Cc1ccc(OC)c(c1)-c1cc(ccc1OC)C[C@H]3N(C)CC2)N(C)CC4. The van der Waals surface area contributed by atoms with E-state index >= 15 is 0 Å². The predicted molar refractivity (Wildman–Crippen MR) is 183 cm³/mol. The lowest BCUT2D eigenvalue weighted by Gasteiger charge is -2.37. The molecule has 0 fully saturated rings. The molecule has 3 aliphatic rings. The van der Waals surface area contributed by atoms with E-state index in [2.05, 4.69) is 78.5 Å². The third-order valence-corrected chi connectivity index (χ3v) is 10.3. The van der Waals surface area contributed by atoms with Gasteiger partial charge in [0.25, 0.3) is 0 Å². The molecule has 0 radical (unpaired) electrons. The van der Waals surface area contributed by atoms with Gasteiger partial charge in [-0.25, -0.2) is 0 Å². The van der Waals surface area contributed by atoms with Crippen LogP contribution in [0.4, 0.5) is 0 Å². The second-order valence-electron chi connectivity index (χ2n) is 12.8. The highest BCUT2D eigenvalue weighted by atomic mass is 16.5. The van der Waals surface area contributed by atoms with E-state index < -0.39 is 0 Å². The van der Waals surface area contributed by atoms with Gasteiger partial charge in [0.1, 0.15) is 11.5 Å². The van der Waals surface area contributed by atoms with Gasteiger partial charge < -0.3 is 28.4 Å². The van der Waals surface area contributed by atoms with Crippen LogP contribution in [-0.4, -0.2) is 72.5 Å². The Morgan fingerprint density at radius 2 is 1.15 bits per heavy atom. The maximum absolute atomic E-state index is 7.04. The number of methoxy groups -OCH3 is 5. The Labute approximate surface area is 277 Å². The highest BCUT2D eigenvalue weighted by Crippen LogP contribution is 2.52. The van der Waals surface area contributed by atoms with Crippen molar-refractivity contribution in [3.8, 4) is 51.4 Å². The van der Waals surface area contributed by atoms with Gasteiger partial charge in [-0.05, 0) is 110 Å². The van der Waals surface area contributed by atoms with Gasteiger partial charge in [0.15, 0.2) is 23.0 Å². The Bertz CT molecular complexity index is 1820. The van der Waals surface area contributed by atoms with Gasteiger partial charge in [-0.15, -0.1) is 0 Å². The topological polar surface area (TPSA) is 61.9 Å². The summed E-state index contributed by atoms with van der Waals surface area (Å²) >= 11 is 0. The number of fused-ring (bicyclic) bond motifs is 6. The molecule has 3 aliphatic heterocycles. The number of benzene rings is 4. The molecule has 0 saturated carbocycles. The Balaban J connectivity index is 1.53. The number of ether oxygens (including phenoxy) is 6. The van der Waals surface area contributed by atoms with Crippen molar-refractivity contribution in [2.75, 3.05) is 62.7 Å². The second kappa shape index (κ2) is 12.7. The minimum Gasteiger partial charge on any atom is -0.496 e. The predicted octanol–water partition coefficient (Wildman–Crippen LogP) is 7.05. The number of likely N-dealkylation sites (N-methyl/N-ethyl adjacent to an activating group) is 2. The molecular formula is C39H44N2O6. The number of nitrogens with zero attached hydrogens (tertiary/aromatic N) is 2. The Kier molecular flexibility index (Phi) is 8.41. The summed E-state index contributed by atoms with van der Waals surface area (Å²) in [6.07, 6.45) is 3.37. The smallest absolute Gasteiger partial charge is 0.204 e. The minimum atomic E-state index is 0.0124. The van der Waals surface area contributed by atoms with E-state index in [9.17, 15) is 0 Å². The van der Waals surface area contributed by atoms with Crippen LogP contribution in [0.25, 0.3) is 11.1 Å². The van der Waals surface area contributed by atoms with E-state index in [1.54, 1.807) is 35.5 Å². The lowest BCUT2D eigenvalue weighted by molar-refractivity contribution is 0.220. The molecule has 6 bridgehead atoms. The first-order valence-electron chi connectivity index (χ1n) is 16.3. The summed E-state index contributed by atoms with van der Waals surface area (Å²) in [5.41, 5.74) is 9.26. The van der Waals surface area contributed by atoms with E-state index in [1.807, 2.05) is 0 Å². The monoisotopic (exact) mass is 636 g/mol. The molecule has 4 aromatic carbocycles. The molecule has 8 nitrogen and oxygen atoms in total. The number of hydrogen-bond acceptors (Lipinski definition) is 8. The fourth-order valence-electron chi connectivity index (χ4n) is 7.71. The lowest BCUT2D eigenvalue weighted by atomic mass is 9.86. The molecule has 3 heterocycles. The van der Waals surface area contributed by atoms with E-state index in [0.29, 0.717) is 28.7 Å². The van der Waals surface area contributed by atoms with Crippen molar-refractivity contribution in [2.24, 2.45) is 0 Å². The molecule has 7 rings (SSSR count). The highest BCUT2D eigenvalue weighted by molar-refractivity contribution is 5.77. The quantitative estimate of drug-likeness (QED) is 0.231. The fraction of sp³-hybridized carbons (Fsp3) is 0.385. The van der Waals surface area contributed by atoms with Crippen LogP contribution in [0.15, 0.2) is 54.6 Å². The zero-order chi connectivity index (χ0) is 32.8. The summed E-state index contributed by atoms with van der Waals surface area (Å²) in [4.78, 5) is 4.84.